The number of carbonyl (C=O) groups is 2. The molecule has 2 heterocycles. The first-order valence-corrected chi connectivity index (χ1v) is 18.2. The van der Waals surface area contributed by atoms with E-state index in [1.807, 2.05) is 54.6 Å². The van der Waals surface area contributed by atoms with E-state index < -0.39 is 6.03 Å². The molecule has 5 aromatic rings. The van der Waals surface area contributed by atoms with Crippen LogP contribution >= 0.6 is 0 Å². The number of amides is 3. The third-order valence-electron chi connectivity index (χ3n) is 9.29. The number of nitrogens with one attached hydrogen (secondary N) is 5. The first-order valence-electron chi connectivity index (χ1n) is 18.2. The number of urea groups is 1. The molecular weight excluding hydrogens is 699 g/mol. The highest BCUT2D eigenvalue weighted by Crippen LogP contribution is 2.38. The van der Waals surface area contributed by atoms with Crippen LogP contribution in [-0.4, -0.2) is 82.4 Å². The Balaban J connectivity index is 1.19. The average Bonchev–Trinajstić information content (AvgIpc) is 3.18. The Hall–Kier alpha value is -6.05. The molecule has 55 heavy (non-hydrogen) atoms. The zero-order valence-electron chi connectivity index (χ0n) is 32.2. The third kappa shape index (κ3) is 9.74. The number of piperazine rings is 1. The van der Waals surface area contributed by atoms with Crippen molar-refractivity contribution >= 4 is 45.6 Å². The predicted octanol–water partition coefficient (Wildman–Crippen LogP) is 7.37. The Kier molecular flexibility index (Phi) is 12.2. The Labute approximate surface area is 321 Å². The minimum atomic E-state index is -0.493. The van der Waals surface area contributed by atoms with Crippen LogP contribution in [0.3, 0.4) is 0 Å². The van der Waals surface area contributed by atoms with Crippen LogP contribution in [0.15, 0.2) is 85.1 Å². The molecular formula is C42H49N7O6. The highest BCUT2D eigenvalue weighted by Gasteiger charge is 2.24. The summed E-state index contributed by atoms with van der Waals surface area (Å²) in [5.74, 6) is 3.03. The van der Waals surface area contributed by atoms with Crippen LogP contribution in [0.25, 0.3) is 10.8 Å². The van der Waals surface area contributed by atoms with Gasteiger partial charge >= 0.3 is 6.03 Å². The second-order valence-electron chi connectivity index (χ2n) is 14.1. The summed E-state index contributed by atoms with van der Waals surface area (Å²) in [6.45, 7) is 11.2. The highest BCUT2D eigenvalue weighted by atomic mass is 16.5. The summed E-state index contributed by atoms with van der Waals surface area (Å²) in [5.41, 5.74) is 2.62. The summed E-state index contributed by atoms with van der Waals surface area (Å²) >= 11 is 0. The number of rotatable bonds is 13. The molecule has 3 amide bonds. The van der Waals surface area contributed by atoms with Gasteiger partial charge in [-0.1, -0.05) is 45.0 Å². The van der Waals surface area contributed by atoms with Gasteiger partial charge in [-0.3, -0.25) is 9.69 Å². The summed E-state index contributed by atoms with van der Waals surface area (Å²) in [7, 11) is 4.69. The van der Waals surface area contributed by atoms with Crippen molar-refractivity contribution in [3.63, 3.8) is 0 Å². The van der Waals surface area contributed by atoms with Crippen molar-refractivity contribution in [1.29, 1.82) is 0 Å². The number of ether oxygens (including phenoxy) is 4. The predicted molar refractivity (Wildman–Crippen MR) is 217 cm³/mol. The van der Waals surface area contributed by atoms with Gasteiger partial charge in [0.25, 0.3) is 5.91 Å². The summed E-state index contributed by atoms with van der Waals surface area (Å²) in [6, 6.07) is 23.5. The molecule has 13 heteroatoms. The number of benzene rings is 4. The number of hydrogen-bond donors (Lipinski definition) is 5. The van der Waals surface area contributed by atoms with Gasteiger partial charge < -0.3 is 45.5 Å². The quantitative estimate of drug-likeness (QED) is 0.0827. The van der Waals surface area contributed by atoms with Gasteiger partial charge in [-0.15, -0.1) is 0 Å². The number of carbonyl (C=O) groups excluding carboxylic acids is 2. The minimum Gasteiger partial charge on any atom is -0.497 e. The molecule has 5 N–H and O–H groups in total. The average molecular weight is 748 g/mol. The molecule has 288 valence electrons. The topological polar surface area (TPSA) is 147 Å². The van der Waals surface area contributed by atoms with Crippen molar-refractivity contribution in [2.24, 2.45) is 0 Å². The second kappa shape index (κ2) is 17.4. The van der Waals surface area contributed by atoms with Gasteiger partial charge in [0.05, 0.1) is 38.3 Å². The fourth-order valence-corrected chi connectivity index (χ4v) is 6.34. The molecule has 1 aliphatic rings. The maximum atomic E-state index is 13.7. The Bertz CT molecular complexity index is 2120. The molecule has 4 aromatic carbocycles. The van der Waals surface area contributed by atoms with Crippen LogP contribution in [0.1, 0.15) is 36.7 Å². The fourth-order valence-electron chi connectivity index (χ4n) is 6.34. The van der Waals surface area contributed by atoms with Crippen molar-refractivity contribution in [3.05, 3.63) is 96.2 Å². The molecule has 0 unspecified atom stereocenters. The summed E-state index contributed by atoms with van der Waals surface area (Å²) in [5, 5.41) is 17.2. The van der Waals surface area contributed by atoms with Crippen molar-refractivity contribution in [2.45, 2.75) is 26.2 Å². The van der Waals surface area contributed by atoms with Crippen LogP contribution in [0.4, 0.5) is 27.7 Å². The highest BCUT2D eigenvalue weighted by molar-refractivity contribution is 6.09. The molecule has 1 fully saturated rings. The fraction of sp³-hybridized carbons (Fsp3) is 0.310. The van der Waals surface area contributed by atoms with E-state index in [2.05, 4.69) is 57.2 Å². The van der Waals surface area contributed by atoms with E-state index >= 15 is 0 Å². The zero-order chi connectivity index (χ0) is 39.0. The zero-order valence-corrected chi connectivity index (χ0v) is 32.2. The Morgan fingerprint density at radius 1 is 0.800 bits per heavy atom. The number of methoxy groups -OCH3 is 3. The largest absolute Gasteiger partial charge is 0.497 e. The van der Waals surface area contributed by atoms with E-state index in [1.54, 1.807) is 44.7 Å². The standard InChI is InChI=1S/C42H49N7O6/c1-42(2,3)27-21-34(40(50)45-17-20-49-18-15-43-16-19-49)39(54-6)36(22-27)48-41(51)47-35-11-12-37(33-10-8-7-9-32(33)35)55-29-13-14-44-38(26-29)46-28-23-30(52-4)25-31(24-28)53-5/h7-14,21-26,43H,15-20H2,1-6H3,(H,44,46)(H,45,50)(H2,47,48,51). The van der Waals surface area contributed by atoms with E-state index in [0.29, 0.717) is 52.3 Å². The molecule has 0 atom stereocenters. The van der Waals surface area contributed by atoms with Crippen LogP contribution in [0, 0.1) is 0 Å². The van der Waals surface area contributed by atoms with Crippen LogP contribution in [-0.2, 0) is 5.41 Å². The number of fused-ring (bicyclic) bond motifs is 1. The van der Waals surface area contributed by atoms with E-state index in [4.69, 9.17) is 18.9 Å². The summed E-state index contributed by atoms with van der Waals surface area (Å²) in [6.07, 6.45) is 1.66. The van der Waals surface area contributed by atoms with Crippen LogP contribution in [0.5, 0.6) is 28.7 Å². The van der Waals surface area contributed by atoms with E-state index in [1.165, 1.54) is 7.11 Å². The second-order valence-corrected chi connectivity index (χ2v) is 14.1. The maximum Gasteiger partial charge on any atom is 0.323 e. The molecule has 0 saturated carbocycles. The molecule has 0 radical (unpaired) electrons. The SMILES string of the molecule is COc1cc(Nc2cc(Oc3ccc(NC(=O)Nc4cc(C(C)(C)C)cc(C(=O)NCCN5CCNCC5)c4OC)c4ccccc34)ccn2)cc(OC)c1. The number of hydrogen-bond acceptors (Lipinski definition) is 10. The van der Waals surface area contributed by atoms with Gasteiger partial charge in [-0.25, -0.2) is 9.78 Å². The lowest BCUT2D eigenvalue weighted by atomic mass is 9.85. The van der Waals surface area contributed by atoms with Gasteiger partial charge in [-0.05, 0) is 41.3 Å². The van der Waals surface area contributed by atoms with E-state index in [9.17, 15) is 9.59 Å². The van der Waals surface area contributed by atoms with Gasteiger partial charge in [0.1, 0.15) is 28.8 Å². The number of pyridine rings is 1. The van der Waals surface area contributed by atoms with Gasteiger partial charge in [0.2, 0.25) is 0 Å². The Morgan fingerprint density at radius 2 is 1.51 bits per heavy atom. The van der Waals surface area contributed by atoms with Gasteiger partial charge in [0, 0.05) is 86.2 Å². The van der Waals surface area contributed by atoms with E-state index in [0.717, 1.165) is 54.7 Å². The van der Waals surface area contributed by atoms with E-state index in [-0.39, 0.29) is 17.1 Å². The molecule has 0 aliphatic carbocycles. The summed E-state index contributed by atoms with van der Waals surface area (Å²) in [4.78, 5) is 34.0. The van der Waals surface area contributed by atoms with Gasteiger partial charge in [0.15, 0.2) is 5.75 Å². The Morgan fingerprint density at radius 3 is 2.20 bits per heavy atom. The number of anilines is 4. The lowest BCUT2D eigenvalue weighted by molar-refractivity contribution is 0.0944. The van der Waals surface area contributed by atoms with Crippen molar-refractivity contribution in [3.8, 4) is 28.7 Å². The molecule has 1 aromatic heterocycles. The molecule has 1 aliphatic heterocycles. The normalized spacial score (nSPS) is 13.1. The first-order chi connectivity index (χ1) is 26.5. The molecule has 0 bridgehead atoms. The van der Waals surface area contributed by atoms with Crippen molar-refractivity contribution in [2.75, 3.05) is 76.5 Å². The smallest absolute Gasteiger partial charge is 0.323 e. The third-order valence-corrected chi connectivity index (χ3v) is 9.29. The van der Waals surface area contributed by atoms with Crippen molar-refractivity contribution < 1.29 is 28.5 Å². The van der Waals surface area contributed by atoms with Gasteiger partial charge in [-0.2, -0.15) is 0 Å². The monoisotopic (exact) mass is 747 g/mol. The lowest BCUT2D eigenvalue weighted by Crippen LogP contribution is -2.46. The van der Waals surface area contributed by atoms with Crippen LogP contribution < -0.4 is 45.5 Å². The number of nitrogens with zero attached hydrogens (tertiary/aromatic N) is 2. The first kappa shape index (κ1) is 38.7. The lowest BCUT2D eigenvalue weighted by Gasteiger charge is -2.27. The molecule has 1 saturated heterocycles. The van der Waals surface area contributed by atoms with Crippen molar-refractivity contribution in [1.82, 2.24) is 20.5 Å². The number of aromatic nitrogens is 1. The molecule has 13 nitrogen and oxygen atoms in total. The molecule has 6 rings (SSSR count). The summed E-state index contributed by atoms with van der Waals surface area (Å²) < 4.78 is 22.9. The maximum absolute atomic E-state index is 13.7. The minimum absolute atomic E-state index is 0.263. The van der Waals surface area contributed by atoms with Crippen LogP contribution in [0.2, 0.25) is 0 Å². The molecule has 0 spiro atoms.